The second-order valence-corrected chi connectivity index (χ2v) is 8.11. The molecule has 140 valence electrons. The van der Waals surface area contributed by atoms with E-state index in [1.807, 2.05) is 60.0 Å². The summed E-state index contributed by atoms with van der Waals surface area (Å²) in [5, 5.41) is 6.65. The van der Waals surface area contributed by atoms with Crippen molar-refractivity contribution in [3.05, 3.63) is 71.2 Å². The first kappa shape index (κ1) is 18.7. The van der Waals surface area contributed by atoms with Gasteiger partial charge in [-0.1, -0.05) is 53.7 Å². The number of anilines is 1. The second-order valence-electron chi connectivity index (χ2n) is 5.81. The summed E-state index contributed by atoms with van der Waals surface area (Å²) < 4.78 is 0. The molecule has 8 heteroatoms. The number of thiazole rings is 1. The zero-order valence-corrected chi connectivity index (χ0v) is 16.9. The highest BCUT2D eigenvalue weighted by atomic mass is 35.5. The summed E-state index contributed by atoms with van der Waals surface area (Å²) in [6.07, 6.45) is 1.66. The SMILES string of the molecule is O=C(CSc1nc(-c2ccc(Cl)cc2)[nH]c1-c1ccccc1)Nc1nccs1. The first-order chi connectivity index (χ1) is 13.7. The van der Waals surface area contributed by atoms with Crippen LogP contribution in [0.15, 0.2) is 71.2 Å². The van der Waals surface area contributed by atoms with E-state index >= 15 is 0 Å². The van der Waals surface area contributed by atoms with E-state index in [-0.39, 0.29) is 11.7 Å². The summed E-state index contributed by atoms with van der Waals surface area (Å²) >= 11 is 8.77. The lowest BCUT2D eigenvalue weighted by atomic mass is 10.2. The number of benzene rings is 2. The van der Waals surface area contributed by atoms with Crippen LogP contribution in [0.2, 0.25) is 5.02 Å². The van der Waals surface area contributed by atoms with Gasteiger partial charge < -0.3 is 10.3 Å². The van der Waals surface area contributed by atoms with Gasteiger partial charge in [0.05, 0.1) is 11.4 Å². The smallest absolute Gasteiger partial charge is 0.236 e. The number of thioether (sulfide) groups is 1. The van der Waals surface area contributed by atoms with Gasteiger partial charge in [-0.05, 0) is 24.3 Å². The molecule has 28 heavy (non-hydrogen) atoms. The molecular formula is C20H15ClN4OS2. The summed E-state index contributed by atoms with van der Waals surface area (Å²) in [4.78, 5) is 24.4. The molecule has 1 amide bonds. The number of H-pyrrole nitrogens is 1. The van der Waals surface area contributed by atoms with E-state index in [9.17, 15) is 4.79 Å². The molecule has 0 aliphatic heterocycles. The normalized spacial score (nSPS) is 10.8. The molecule has 0 fully saturated rings. The predicted molar refractivity (Wildman–Crippen MR) is 116 cm³/mol. The summed E-state index contributed by atoms with van der Waals surface area (Å²) in [7, 11) is 0. The number of aromatic amines is 1. The van der Waals surface area contributed by atoms with Gasteiger partial charge in [0.25, 0.3) is 0 Å². The average molecular weight is 427 g/mol. The highest BCUT2D eigenvalue weighted by Gasteiger charge is 2.16. The maximum Gasteiger partial charge on any atom is 0.236 e. The maximum atomic E-state index is 12.2. The molecule has 0 spiro atoms. The summed E-state index contributed by atoms with van der Waals surface area (Å²) in [5.41, 5.74) is 2.83. The van der Waals surface area contributed by atoms with Crippen molar-refractivity contribution < 1.29 is 4.79 Å². The average Bonchev–Trinajstić information content (AvgIpc) is 3.37. The third-order valence-corrected chi connectivity index (χ3v) is 5.79. The van der Waals surface area contributed by atoms with Crippen LogP contribution in [0.4, 0.5) is 5.13 Å². The molecule has 0 saturated carbocycles. The molecular weight excluding hydrogens is 412 g/mol. The number of carbonyl (C=O) groups excluding carboxylic acids is 1. The van der Waals surface area contributed by atoms with Gasteiger partial charge in [-0.15, -0.1) is 11.3 Å². The molecule has 5 nitrogen and oxygen atoms in total. The van der Waals surface area contributed by atoms with E-state index in [0.717, 1.165) is 27.7 Å². The molecule has 2 N–H and O–H groups in total. The lowest BCUT2D eigenvalue weighted by Gasteiger charge is -2.03. The first-order valence-electron chi connectivity index (χ1n) is 8.42. The van der Waals surface area contributed by atoms with Gasteiger partial charge in [0.15, 0.2) is 5.13 Å². The Labute approximate surface area is 175 Å². The second kappa shape index (κ2) is 8.60. The van der Waals surface area contributed by atoms with Gasteiger partial charge in [-0.3, -0.25) is 4.79 Å². The lowest BCUT2D eigenvalue weighted by molar-refractivity contribution is -0.113. The topological polar surface area (TPSA) is 70.7 Å². The zero-order chi connectivity index (χ0) is 19.3. The fraction of sp³-hybridized carbons (Fsp3) is 0.0500. The quantitative estimate of drug-likeness (QED) is 0.394. The molecule has 0 aliphatic rings. The van der Waals surface area contributed by atoms with Crippen LogP contribution < -0.4 is 5.32 Å². The van der Waals surface area contributed by atoms with Crippen LogP contribution in [0.5, 0.6) is 0 Å². The predicted octanol–water partition coefficient (Wildman–Crippen LogP) is 5.58. The zero-order valence-electron chi connectivity index (χ0n) is 14.6. The summed E-state index contributed by atoms with van der Waals surface area (Å²) in [5.74, 6) is 0.859. The Kier molecular flexibility index (Phi) is 5.76. The Morgan fingerprint density at radius 1 is 1.11 bits per heavy atom. The number of aromatic nitrogens is 3. The minimum Gasteiger partial charge on any atom is -0.337 e. The lowest BCUT2D eigenvalue weighted by Crippen LogP contribution is -2.13. The van der Waals surface area contributed by atoms with Crippen molar-refractivity contribution in [1.29, 1.82) is 0 Å². The minimum absolute atomic E-state index is 0.116. The Bertz CT molecular complexity index is 1060. The number of nitrogens with zero attached hydrogens (tertiary/aromatic N) is 2. The van der Waals surface area contributed by atoms with Crippen molar-refractivity contribution in [2.75, 3.05) is 11.1 Å². The number of hydrogen-bond acceptors (Lipinski definition) is 5. The van der Waals surface area contributed by atoms with Gasteiger partial charge in [-0.25, -0.2) is 9.97 Å². The number of amides is 1. The molecule has 0 unspecified atom stereocenters. The standard InChI is InChI=1S/C20H15ClN4OS2/c21-15-8-6-14(7-9-15)18-24-17(13-4-2-1-3-5-13)19(25-18)28-12-16(26)23-20-22-10-11-27-20/h1-11H,12H2,(H,24,25)(H,22,23,26). The molecule has 0 bridgehead atoms. The van der Waals surface area contributed by atoms with Gasteiger partial charge >= 0.3 is 0 Å². The third kappa shape index (κ3) is 4.44. The Morgan fingerprint density at radius 3 is 2.61 bits per heavy atom. The number of nitrogens with one attached hydrogen (secondary N) is 2. The number of imidazole rings is 1. The molecule has 0 saturated heterocycles. The number of carbonyl (C=O) groups is 1. The van der Waals surface area contributed by atoms with Crippen molar-refractivity contribution in [3.63, 3.8) is 0 Å². The van der Waals surface area contributed by atoms with Crippen LogP contribution in [-0.2, 0) is 4.79 Å². The molecule has 2 aromatic carbocycles. The van der Waals surface area contributed by atoms with Gasteiger partial charge in [0.1, 0.15) is 10.9 Å². The van der Waals surface area contributed by atoms with Crippen LogP contribution in [0, 0.1) is 0 Å². The molecule has 0 atom stereocenters. The van der Waals surface area contributed by atoms with E-state index in [2.05, 4.69) is 15.3 Å². The van der Waals surface area contributed by atoms with E-state index < -0.39 is 0 Å². The fourth-order valence-corrected chi connectivity index (χ4v) is 4.06. The summed E-state index contributed by atoms with van der Waals surface area (Å²) in [6.45, 7) is 0. The molecule has 2 aromatic heterocycles. The Morgan fingerprint density at radius 2 is 1.89 bits per heavy atom. The Balaban J connectivity index is 1.59. The fourth-order valence-electron chi connectivity index (χ4n) is 2.58. The maximum absolute atomic E-state index is 12.2. The number of hydrogen-bond donors (Lipinski definition) is 2. The van der Waals surface area contributed by atoms with Crippen LogP contribution in [0.1, 0.15) is 0 Å². The minimum atomic E-state index is -0.116. The number of rotatable bonds is 6. The van der Waals surface area contributed by atoms with Gasteiger partial charge in [-0.2, -0.15) is 0 Å². The van der Waals surface area contributed by atoms with Crippen molar-refractivity contribution >= 4 is 45.7 Å². The van der Waals surface area contributed by atoms with E-state index in [4.69, 9.17) is 16.6 Å². The highest BCUT2D eigenvalue weighted by Crippen LogP contribution is 2.32. The van der Waals surface area contributed by atoms with E-state index in [0.29, 0.717) is 10.2 Å². The molecule has 4 rings (SSSR count). The molecule has 2 heterocycles. The first-order valence-corrected chi connectivity index (χ1v) is 10.7. The summed E-state index contributed by atoms with van der Waals surface area (Å²) in [6, 6.07) is 17.4. The highest BCUT2D eigenvalue weighted by molar-refractivity contribution is 8.00. The van der Waals surface area contributed by atoms with Gasteiger partial charge in [0, 0.05) is 27.7 Å². The monoisotopic (exact) mass is 426 g/mol. The molecule has 4 aromatic rings. The largest absolute Gasteiger partial charge is 0.337 e. The van der Waals surface area contributed by atoms with E-state index in [1.165, 1.54) is 23.1 Å². The van der Waals surface area contributed by atoms with Crippen LogP contribution >= 0.6 is 34.7 Å². The van der Waals surface area contributed by atoms with Crippen LogP contribution in [-0.4, -0.2) is 26.6 Å². The third-order valence-electron chi connectivity index (χ3n) is 3.87. The van der Waals surface area contributed by atoms with E-state index in [1.54, 1.807) is 6.20 Å². The Hall–Kier alpha value is -2.61. The van der Waals surface area contributed by atoms with Crippen molar-refractivity contribution in [2.24, 2.45) is 0 Å². The van der Waals surface area contributed by atoms with Crippen LogP contribution in [0.3, 0.4) is 0 Å². The van der Waals surface area contributed by atoms with Crippen molar-refractivity contribution in [2.45, 2.75) is 5.03 Å². The van der Waals surface area contributed by atoms with Gasteiger partial charge in [0.2, 0.25) is 5.91 Å². The molecule has 0 radical (unpaired) electrons. The van der Waals surface area contributed by atoms with Crippen molar-refractivity contribution in [3.8, 4) is 22.6 Å². The van der Waals surface area contributed by atoms with Crippen LogP contribution in [0.25, 0.3) is 22.6 Å². The number of halogens is 1. The van der Waals surface area contributed by atoms with Crippen molar-refractivity contribution in [1.82, 2.24) is 15.0 Å². The molecule has 0 aliphatic carbocycles.